The first-order chi connectivity index (χ1) is 9.45. The molecule has 2 aromatic rings. The number of anilines is 1. The molecule has 20 heavy (non-hydrogen) atoms. The van der Waals surface area contributed by atoms with Gasteiger partial charge in [-0.1, -0.05) is 29.8 Å². The van der Waals surface area contributed by atoms with E-state index in [1.807, 2.05) is 38.1 Å². The van der Waals surface area contributed by atoms with Crippen LogP contribution in [0.3, 0.4) is 0 Å². The summed E-state index contributed by atoms with van der Waals surface area (Å²) in [6, 6.07) is 11.8. The van der Waals surface area contributed by atoms with E-state index in [-0.39, 0.29) is 5.91 Å². The quantitative estimate of drug-likeness (QED) is 0.817. The lowest BCUT2D eigenvalue weighted by atomic mass is 10.0. The first kappa shape index (κ1) is 14.7. The van der Waals surface area contributed by atoms with Gasteiger partial charge in [0, 0.05) is 10.6 Å². The minimum absolute atomic E-state index is 0.00645. The number of aryl methyl sites for hydroxylation is 3. The van der Waals surface area contributed by atoms with Gasteiger partial charge >= 0.3 is 0 Å². The highest BCUT2D eigenvalue weighted by atomic mass is 32.1. The van der Waals surface area contributed by atoms with Gasteiger partial charge in [0.1, 0.15) is 0 Å². The molecule has 2 rings (SSSR count). The minimum Gasteiger partial charge on any atom is -0.325 e. The predicted molar refractivity (Wildman–Crippen MR) is 86.7 cm³/mol. The van der Waals surface area contributed by atoms with E-state index in [2.05, 4.69) is 37.0 Å². The van der Waals surface area contributed by atoms with E-state index in [9.17, 15) is 4.79 Å². The van der Waals surface area contributed by atoms with Gasteiger partial charge in [-0.25, -0.2) is 0 Å². The van der Waals surface area contributed by atoms with Crippen molar-refractivity contribution in [2.75, 3.05) is 5.32 Å². The standard InChI is InChI=1S/C17H19NOS/c1-11-8-12(2)17(13(3)9-11)18-16(19)10-14-4-6-15(20)7-5-14/h4-9,20H,10H2,1-3H3,(H,18,19). The fourth-order valence-electron chi connectivity index (χ4n) is 2.36. The summed E-state index contributed by atoms with van der Waals surface area (Å²) in [6.45, 7) is 6.10. The Hall–Kier alpha value is -1.74. The van der Waals surface area contributed by atoms with Gasteiger partial charge in [0.15, 0.2) is 0 Å². The van der Waals surface area contributed by atoms with Gasteiger partial charge in [-0.05, 0) is 49.6 Å². The summed E-state index contributed by atoms with van der Waals surface area (Å²) in [5, 5.41) is 3.01. The maximum absolute atomic E-state index is 12.1. The highest BCUT2D eigenvalue weighted by molar-refractivity contribution is 7.80. The Kier molecular flexibility index (Phi) is 4.50. The van der Waals surface area contributed by atoms with Crippen molar-refractivity contribution >= 4 is 24.2 Å². The van der Waals surface area contributed by atoms with Gasteiger partial charge in [-0.2, -0.15) is 0 Å². The average Bonchev–Trinajstić information content (AvgIpc) is 2.36. The van der Waals surface area contributed by atoms with Crippen LogP contribution in [0, 0.1) is 20.8 Å². The number of nitrogens with one attached hydrogen (secondary N) is 1. The highest BCUT2D eigenvalue weighted by Crippen LogP contribution is 2.22. The van der Waals surface area contributed by atoms with E-state index in [1.54, 1.807) is 0 Å². The summed E-state index contributed by atoms with van der Waals surface area (Å²) in [5.41, 5.74) is 5.32. The molecule has 0 saturated heterocycles. The van der Waals surface area contributed by atoms with E-state index in [0.717, 1.165) is 27.3 Å². The molecule has 0 aliphatic rings. The minimum atomic E-state index is 0.00645. The van der Waals surface area contributed by atoms with Crippen molar-refractivity contribution in [3.8, 4) is 0 Å². The number of amides is 1. The molecule has 104 valence electrons. The van der Waals surface area contributed by atoms with Crippen LogP contribution < -0.4 is 5.32 Å². The lowest BCUT2D eigenvalue weighted by Crippen LogP contribution is -2.16. The topological polar surface area (TPSA) is 29.1 Å². The van der Waals surface area contributed by atoms with E-state index in [4.69, 9.17) is 0 Å². The number of thiol groups is 1. The second kappa shape index (κ2) is 6.14. The van der Waals surface area contributed by atoms with Gasteiger partial charge in [0.2, 0.25) is 5.91 Å². The van der Waals surface area contributed by atoms with Crippen LogP contribution in [-0.4, -0.2) is 5.91 Å². The molecule has 1 amide bonds. The fourth-order valence-corrected chi connectivity index (χ4v) is 2.51. The monoisotopic (exact) mass is 285 g/mol. The Morgan fingerprint density at radius 3 is 2.15 bits per heavy atom. The molecule has 0 unspecified atom stereocenters. The summed E-state index contributed by atoms with van der Waals surface area (Å²) in [5.74, 6) is 0.00645. The molecular formula is C17H19NOS. The Morgan fingerprint density at radius 1 is 1.05 bits per heavy atom. The smallest absolute Gasteiger partial charge is 0.228 e. The van der Waals surface area contributed by atoms with Gasteiger partial charge in [-0.3, -0.25) is 4.79 Å². The van der Waals surface area contributed by atoms with Crippen molar-refractivity contribution in [3.63, 3.8) is 0 Å². The van der Waals surface area contributed by atoms with E-state index in [1.165, 1.54) is 5.56 Å². The molecule has 0 spiro atoms. The van der Waals surface area contributed by atoms with Crippen LogP contribution in [-0.2, 0) is 11.2 Å². The molecule has 0 atom stereocenters. The summed E-state index contributed by atoms with van der Waals surface area (Å²) in [7, 11) is 0. The number of hydrogen-bond donors (Lipinski definition) is 2. The predicted octanol–water partition coefficient (Wildman–Crippen LogP) is 4.08. The van der Waals surface area contributed by atoms with Gasteiger partial charge in [0.05, 0.1) is 6.42 Å². The maximum Gasteiger partial charge on any atom is 0.228 e. The maximum atomic E-state index is 12.1. The molecule has 1 N–H and O–H groups in total. The number of rotatable bonds is 3. The summed E-state index contributed by atoms with van der Waals surface area (Å²) < 4.78 is 0. The van der Waals surface area contributed by atoms with Crippen LogP contribution in [0.2, 0.25) is 0 Å². The zero-order valence-electron chi connectivity index (χ0n) is 12.0. The lowest BCUT2D eigenvalue weighted by molar-refractivity contribution is -0.115. The third kappa shape index (κ3) is 3.64. The molecule has 0 bridgehead atoms. The summed E-state index contributed by atoms with van der Waals surface area (Å²) in [6.07, 6.45) is 0.376. The number of carbonyl (C=O) groups excluding carboxylic acids is 1. The highest BCUT2D eigenvalue weighted by Gasteiger charge is 2.09. The first-order valence-electron chi connectivity index (χ1n) is 6.61. The molecule has 0 heterocycles. The van der Waals surface area contributed by atoms with Gasteiger partial charge in [-0.15, -0.1) is 12.6 Å². The van der Waals surface area contributed by atoms with Crippen molar-refractivity contribution in [2.24, 2.45) is 0 Å². The molecule has 0 aliphatic heterocycles. The Bertz CT molecular complexity index is 609. The Balaban J connectivity index is 2.10. The first-order valence-corrected chi connectivity index (χ1v) is 7.06. The Morgan fingerprint density at radius 2 is 1.60 bits per heavy atom. The van der Waals surface area contributed by atoms with Crippen LogP contribution in [0.1, 0.15) is 22.3 Å². The van der Waals surface area contributed by atoms with Crippen molar-refractivity contribution in [1.82, 2.24) is 0 Å². The third-order valence-electron chi connectivity index (χ3n) is 3.24. The van der Waals surface area contributed by atoms with Crippen LogP contribution in [0.4, 0.5) is 5.69 Å². The SMILES string of the molecule is Cc1cc(C)c(NC(=O)Cc2ccc(S)cc2)c(C)c1. The summed E-state index contributed by atoms with van der Waals surface area (Å²) >= 11 is 4.24. The molecule has 3 heteroatoms. The van der Waals surface area contributed by atoms with Crippen molar-refractivity contribution in [3.05, 3.63) is 58.7 Å². The number of benzene rings is 2. The van der Waals surface area contributed by atoms with Crippen LogP contribution >= 0.6 is 12.6 Å². The van der Waals surface area contributed by atoms with Crippen molar-refractivity contribution in [2.45, 2.75) is 32.1 Å². The zero-order chi connectivity index (χ0) is 14.7. The van der Waals surface area contributed by atoms with Crippen LogP contribution in [0.15, 0.2) is 41.3 Å². The van der Waals surface area contributed by atoms with Crippen molar-refractivity contribution in [1.29, 1.82) is 0 Å². The van der Waals surface area contributed by atoms with Crippen LogP contribution in [0.25, 0.3) is 0 Å². The molecule has 0 saturated carbocycles. The number of hydrogen-bond acceptors (Lipinski definition) is 2. The second-order valence-electron chi connectivity index (χ2n) is 5.17. The zero-order valence-corrected chi connectivity index (χ0v) is 12.9. The Labute approximate surface area is 125 Å². The molecule has 0 aromatic heterocycles. The van der Waals surface area contributed by atoms with E-state index in [0.29, 0.717) is 6.42 Å². The largest absolute Gasteiger partial charge is 0.325 e. The van der Waals surface area contributed by atoms with E-state index < -0.39 is 0 Å². The molecule has 0 radical (unpaired) electrons. The molecule has 2 nitrogen and oxygen atoms in total. The number of carbonyl (C=O) groups is 1. The van der Waals surface area contributed by atoms with Crippen LogP contribution in [0.5, 0.6) is 0 Å². The summed E-state index contributed by atoms with van der Waals surface area (Å²) in [4.78, 5) is 13.0. The normalized spacial score (nSPS) is 10.4. The molecular weight excluding hydrogens is 266 g/mol. The lowest BCUT2D eigenvalue weighted by Gasteiger charge is -2.13. The molecule has 0 fully saturated rings. The third-order valence-corrected chi connectivity index (χ3v) is 3.54. The molecule has 2 aromatic carbocycles. The molecule has 0 aliphatic carbocycles. The fraction of sp³-hybridized carbons (Fsp3) is 0.235. The van der Waals surface area contributed by atoms with E-state index >= 15 is 0 Å². The van der Waals surface area contributed by atoms with Gasteiger partial charge in [0.25, 0.3) is 0 Å². The van der Waals surface area contributed by atoms with Gasteiger partial charge < -0.3 is 5.32 Å². The van der Waals surface area contributed by atoms with Crippen molar-refractivity contribution < 1.29 is 4.79 Å². The average molecular weight is 285 g/mol. The second-order valence-corrected chi connectivity index (χ2v) is 5.68.